The van der Waals surface area contributed by atoms with E-state index in [4.69, 9.17) is 5.11 Å². The lowest BCUT2D eigenvalue weighted by atomic mass is 10.1. The normalized spacial score (nSPS) is 29.1. The van der Waals surface area contributed by atoms with Crippen molar-refractivity contribution in [1.29, 1.82) is 0 Å². The van der Waals surface area contributed by atoms with Crippen LogP contribution in [0.2, 0.25) is 0 Å². The molecule has 0 aliphatic carbocycles. The van der Waals surface area contributed by atoms with Crippen LogP contribution in [0.15, 0.2) is 0 Å². The van der Waals surface area contributed by atoms with E-state index < -0.39 is 12.0 Å². The minimum absolute atomic E-state index is 0.137. The minimum Gasteiger partial charge on any atom is -0.481 e. The molecule has 2 atom stereocenters. The van der Waals surface area contributed by atoms with Gasteiger partial charge in [-0.1, -0.05) is 0 Å². The standard InChI is InChI=1S/C8H14N2O3/c1-5-4-9-6(3-7(11)12)8(13)10(5)2/h5-6,9H,3-4H2,1-2H3,(H,11,12). The van der Waals surface area contributed by atoms with E-state index in [2.05, 4.69) is 5.32 Å². The molecule has 1 amide bonds. The highest BCUT2D eigenvalue weighted by Crippen LogP contribution is 2.07. The molecule has 0 aromatic rings. The minimum atomic E-state index is -0.950. The Bertz CT molecular complexity index is 229. The Labute approximate surface area is 76.7 Å². The molecule has 0 bridgehead atoms. The first kappa shape index (κ1) is 9.98. The molecule has 0 spiro atoms. The number of aliphatic carboxylic acids is 1. The maximum Gasteiger partial charge on any atom is 0.305 e. The highest BCUT2D eigenvalue weighted by Gasteiger charge is 2.31. The van der Waals surface area contributed by atoms with Crippen LogP contribution >= 0.6 is 0 Å². The van der Waals surface area contributed by atoms with Crippen molar-refractivity contribution >= 4 is 11.9 Å². The molecular formula is C8H14N2O3. The topological polar surface area (TPSA) is 69.6 Å². The van der Waals surface area contributed by atoms with Crippen molar-refractivity contribution in [3.05, 3.63) is 0 Å². The maximum atomic E-state index is 11.5. The third-order valence-corrected chi connectivity index (χ3v) is 2.35. The summed E-state index contributed by atoms with van der Waals surface area (Å²) < 4.78 is 0. The van der Waals surface area contributed by atoms with E-state index in [1.807, 2.05) is 6.92 Å². The molecule has 1 heterocycles. The summed E-state index contributed by atoms with van der Waals surface area (Å²) in [7, 11) is 1.70. The number of nitrogens with one attached hydrogen (secondary N) is 1. The van der Waals surface area contributed by atoms with Crippen molar-refractivity contribution in [2.24, 2.45) is 0 Å². The molecule has 13 heavy (non-hydrogen) atoms. The van der Waals surface area contributed by atoms with Gasteiger partial charge in [0.15, 0.2) is 0 Å². The van der Waals surface area contributed by atoms with Crippen LogP contribution in [0.5, 0.6) is 0 Å². The fraction of sp³-hybridized carbons (Fsp3) is 0.750. The lowest BCUT2D eigenvalue weighted by molar-refractivity contribution is -0.144. The Balaban J connectivity index is 2.59. The molecule has 1 fully saturated rings. The number of carbonyl (C=O) groups is 2. The number of nitrogens with zero attached hydrogens (tertiary/aromatic N) is 1. The van der Waals surface area contributed by atoms with Crippen molar-refractivity contribution in [3.8, 4) is 0 Å². The summed E-state index contributed by atoms with van der Waals surface area (Å²) in [6, 6.07) is -0.420. The number of piperazine rings is 1. The molecule has 2 unspecified atom stereocenters. The van der Waals surface area contributed by atoms with Crippen molar-refractivity contribution in [1.82, 2.24) is 10.2 Å². The Morgan fingerprint density at radius 1 is 1.77 bits per heavy atom. The van der Waals surface area contributed by atoms with Gasteiger partial charge in [-0.2, -0.15) is 0 Å². The molecule has 5 heteroatoms. The zero-order valence-electron chi connectivity index (χ0n) is 7.78. The van der Waals surface area contributed by atoms with Gasteiger partial charge in [0.2, 0.25) is 5.91 Å². The third kappa shape index (κ3) is 2.18. The van der Waals surface area contributed by atoms with Crippen LogP contribution in [-0.2, 0) is 9.59 Å². The van der Waals surface area contributed by atoms with Gasteiger partial charge in [0.1, 0.15) is 0 Å². The van der Waals surface area contributed by atoms with E-state index in [9.17, 15) is 9.59 Å². The quantitative estimate of drug-likeness (QED) is 0.597. The van der Waals surface area contributed by atoms with Gasteiger partial charge in [-0.25, -0.2) is 0 Å². The van der Waals surface area contributed by atoms with E-state index in [1.165, 1.54) is 0 Å². The van der Waals surface area contributed by atoms with Crippen molar-refractivity contribution in [2.45, 2.75) is 25.4 Å². The number of hydrogen-bond donors (Lipinski definition) is 2. The number of likely N-dealkylation sites (N-methyl/N-ethyl adjacent to an activating group) is 1. The summed E-state index contributed by atoms with van der Waals surface area (Å²) in [5.74, 6) is -1.09. The Morgan fingerprint density at radius 3 is 2.92 bits per heavy atom. The highest BCUT2D eigenvalue weighted by molar-refractivity contribution is 5.86. The zero-order valence-corrected chi connectivity index (χ0v) is 7.78. The Morgan fingerprint density at radius 2 is 2.38 bits per heavy atom. The monoisotopic (exact) mass is 186 g/mol. The second-order valence-electron chi connectivity index (χ2n) is 3.36. The number of hydrogen-bond acceptors (Lipinski definition) is 3. The number of amides is 1. The average molecular weight is 186 g/mol. The Kier molecular flexibility index (Phi) is 2.87. The number of rotatable bonds is 2. The molecule has 1 saturated heterocycles. The molecule has 0 saturated carbocycles. The first-order valence-electron chi connectivity index (χ1n) is 4.24. The molecule has 0 radical (unpaired) electrons. The van der Waals surface area contributed by atoms with E-state index in [0.717, 1.165) is 0 Å². The molecule has 74 valence electrons. The molecule has 0 aromatic carbocycles. The lowest BCUT2D eigenvalue weighted by Crippen LogP contribution is -2.58. The molecule has 1 aliphatic rings. The number of carboxylic acid groups (broad SMARTS) is 1. The van der Waals surface area contributed by atoms with E-state index >= 15 is 0 Å². The molecule has 0 aromatic heterocycles. The van der Waals surface area contributed by atoms with Crippen LogP contribution in [0, 0.1) is 0 Å². The third-order valence-electron chi connectivity index (χ3n) is 2.35. The highest BCUT2D eigenvalue weighted by atomic mass is 16.4. The van der Waals surface area contributed by atoms with Crippen molar-refractivity contribution < 1.29 is 14.7 Å². The summed E-state index contributed by atoms with van der Waals surface area (Å²) in [5.41, 5.74) is 0. The van der Waals surface area contributed by atoms with Crippen LogP contribution in [-0.4, -0.2) is 47.6 Å². The Hall–Kier alpha value is -1.10. The SMILES string of the molecule is CC1CNC(CC(=O)O)C(=O)N1C. The van der Waals surface area contributed by atoms with E-state index in [1.54, 1.807) is 11.9 Å². The predicted octanol–water partition coefficient (Wildman–Crippen LogP) is -0.720. The van der Waals surface area contributed by atoms with Gasteiger partial charge < -0.3 is 15.3 Å². The molecule has 2 N–H and O–H groups in total. The van der Waals surface area contributed by atoms with Gasteiger partial charge in [-0.15, -0.1) is 0 Å². The first-order valence-corrected chi connectivity index (χ1v) is 4.24. The molecule has 1 rings (SSSR count). The van der Waals surface area contributed by atoms with Crippen LogP contribution in [0.25, 0.3) is 0 Å². The first-order chi connectivity index (χ1) is 6.02. The maximum absolute atomic E-state index is 11.5. The number of carbonyl (C=O) groups excluding carboxylic acids is 1. The summed E-state index contributed by atoms with van der Waals surface area (Å²) >= 11 is 0. The number of carboxylic acids is 1. The fourth-order valence-corrected chi connectivity index (χ4v) is 1.33. The summed E-state index contributed by atoms with van der Waals surface area (Å²) in [6.07, 6.45) is -0.143. The zero-order chi connectivity index (χ0) is 10.0. The van der Waals surface area contributed by atoms with Gasteiger partial charge in [-0.05, 0) is 6.92 Å². The van der Waals surface area contributed by atoms with Crippen molar-refractivity contribution in [3.63, 3.8) is 0 Å². The smallest absolute Gasteiger partial charge is 0.305 e. The van der Waals surface area contributed by atoms with Crippen LogP contribution in [0.4, 0.5) is 0 Å². The van der Waals surface area contributed by atoms with Gasteiger partial charge in [0.05, 0.1) is 12.5 Å². The van der Waals surface area contributed by atoms with E-state index in [-0.39, 0.29) is 18.4 Å². The lowest BCUT2D eigenvalue weighted by Gasteiger charge is -2.35. The second kappa shape index (κ2) is 3.74. The van der Waals surface area contributed by atoms with Crippen molar-refractivity contribution in [2.75, 3.05) is 13.6 Å². The van der Waals surface area contributed by atoms with Crippen LogP contribution in [0.3, 0.4) is 0 Å². The molecule has 1 aliphatic heterocycles. The van der Waals surface area contributed by atoms with Gasteiger partial charge >= 0.3 is 5.97 Å². The summed E-state index contributed by atoms with van der Waals surface area (Å²) in [4.78, 5) is 23.4. The summed E-state index contributed by atoms with van der Waals surface area (Å²) in [5, 5.41) is 11.4. The molecule has 5 nitrogen and oxygen atoms in total. The fourth-order valence-electron chi connectivity index (χ4n) is 1.33. The van der Waals surface area contributed by atoms with Crippen LogP contribution < -0.4 is 5.32 Å². The summed E-state index contributed by atoms with van der Waals surface area (Å²) in [6.45, 7) is 2.57. The van der Waals surface area contributed by atoms with Gasteiger partial charge in [-0.3, -0.25) is 9.59 Å². The van der Waals surface area contributed by atoms with Gasteiger partial charge in [0.25, 0.3) is 0 Å². The average Bonchev–Trinajstić information content (AvgIpc) is 2.06. The van der Waals surface area contributed by atoms with Crippen LogP contribution in [0.1, 0.15) is 13.3 Å². The largest absolute Gasteiger partial charge is 0.481 e. The van der Waals surface area contributed by atoms with Gasteiger partial charge in [0, 0.05) is 19.6 Å². The molecular weight excluding hydrogens is 172 g/mol. The second-order valence-corrected chi connectivity index (χ2v) is 3.36. The predicted molar refractivity (Wildman–Crippen MR) is 46.3 cm³/mol. The van der Waals surface area contributed by atoms with E-state index in [0.29, 0.717) is 6.54 Å².